The SMILES string of the molecule is FC(F)(F)Sc1cccc(CC2CNC2)c1. The highest BCUT2D eigenvalue weighted by Gasteiger charge is 2.29. The number of nitrogens with one attached hydrogen (secondary N) is 1. The fourth-order valence-electron chi connectivity index (χ4n) is 1.70. The van der Waals surface area contributed by atoms with E-state index >= 15 is 0 Å². The molecular weight excluding hydrogens is 235 g/mol. The first kappa shape index (κ1) is 11.8. The second-order valence-electron chi connectivity index (χ2n) is 3.92. The van der Waals surface area contributed by atoms with Gasteiger partial charge in [0.15, 0.2) is 0 Å². The standard InChI is InChI=1S/C11H12F3NS/c12-11(13,14)16-10-3-1-2-8(5-10)4-9-6-15-7-9/h1-3,5,9,15H,4,6-7H2. The predicted molar refractivity (Wildman–Crippen MR) is 58.4 cm³/mol. The highest BCUT2D eigenvalue weighted by Crippen LogP contribution is 2.37. The molecule has 0 radical (unpaired) electrons. The number of benzene rings is 1. The van der Waals surface area contributed by atoms with Gasteiger partial charge < -0.3 is 5.32 Å². The van der Waals surface area contributed by atoms with Crippen LogP contribution in [0.2, 0.25) is 0 Å². The van der Waals surface area contributed by atoms with E-state index in [-0.39, 0.29) is 16.7 Å². The summed E-state index contributed by atoms with van der Waals surface area (Å²) in [6.07, 6.45) is 0.860. The van der Waals surface area contributed by atoms with Crippen molar-refractivity contribution in [2.24, 2.45) is 5.92 Å². The Balaban J connectivity index is 2.00. The molecule has 0 aliphatic carbocycles. The second-order valence-corrected chi connectivity index (χ2v) is 5.06. The Morgan fingerprint density at radius 1 is 1.31 bits per heavy atom. The Morgan fingerprint density at radius 3 is 2.62 bits per heavy atom. The van der Waals surface area contributed by atoms with Crippen molar-refractivity contribution in [3.63, 3.8) is 0 Å². The van der Waals surface area contributed by atoms with E-state index < -0.39 is 5.51 Å². The number of alkyl halides is 3. The molecule has 0 spiro atoms. The summed E-state index contributed by atoms with van der Waals surface area (Å²) in [5.41, 5.74) is -3.21. The van der Waals surface area contributed by atoms with Crippen LogP contribution in [0.5, 0.6) is 0 Å². The van der Waals surface area contributed by atoms with Crippen LogP contribution in [0.25, 0.3) is 0 Å². The molecule has 2 rings (SSSR count). The van der Waals surface area contributed by atoms with Gasteiger partial charge in [0.1, 0.15) is 0 Å². The molecule has 1 aromatic carbocycles. The Hall–Kier alpha value is -0.680. The average molecular weight is 247 g/mol. The average Bonchev–Trinajstić information content (AvgIpc) is 2.09. The van der Waals surface area contributed by atoms with Crippen LogP contribution < -0.4 is 5.32 Å². The molecule has 1 fully saturated rings. The van der Waals surface area contributed by atoms with Gasteiger partial charge in [-0.05, 0) is 54.9 Å². The van der Waals surface area contributed by atoms with Gasteiger partial charge >= 0.3 is 5.51 Å². The van der Waals surface area contributed by atoms with Gasteiger partial charge in [-0.25, -0.2) is 0 Å². The van der Waals surface area contributed by atoms with E-state index in [9.17, 15) is 13.2 Å². The fourth-order valence-corrected chi connectivity index (χ4v) is 2.32. The van der Waals surface area contributed by atoms with Gasteiger partial charge in [-0.2, -0.15) is 13.2 Å². The molecule has 0 bridgehead atoms. The van der Waals surface area contributed by atoms with Crippen LogP contribution in [-0.2, 0) is 6.42 Å². The number of rotatable bonds is 3. The maximum absolute atomic E-state index is 12.2. The van der Waals surface area contributed by atoms with Crippen LogP contribution in [0.4, 0.5) is 13.2 Å². The smallest absolute Gasteiger partial charge is 0.316 e. The lowest BCUT2D eigenvalue weighted by Gasteiger charge is -2.27. The Morgan fingerprint density at radius 2 is 2.06 bits per heavy atom. The highest BCUT2D eigenvalue weighted by atomic mass is 32.2. The zero-order valence-corrected chi connectivity index (χ0v) is 9.37. The van der Waals surface area contributed by atoms with Crippen molar-refractivity contribution in [2.75, 3.05) is 13.1 Å². The van der Waals surface area contributed by atoms with E-state index in [2.05, 4.69) is 5.32 Å². The first-order valence-electron chi connectivity index (χ1n) is 5.08. The van der Waals surface area contributed by atoms with Crippen LogP contribution in [0, 0.1) is 5.92 Å². The van der Waals surface area contributed by atoms with Crippen molar-refractivity contribution in [1.29, 1.82) is 0 Å². The largest absolute Gasteiger partial charge is 0.446 e. The van der Waals surface area contributed by atoms with Gasteiger partial charge in [0.2, 0.25) is 0 Å². The maximum Gasteiger partial charge on any atom is 0.446 e. The van der Waals surface area contributed by atoms with E-state index in [1.54, 1.807) is 12.1 Å². The Labute approximate surface area is 96.4 Å². The van der Waals surface area contributed by atoms with Crippen molar-refractivity contribution in [3.05, 3.63) is 29.8 Å². The van der Waals surface area contributed by atoms with E-state index in [1.165, 1.54) is 6.07 Å². The van der Waals surface area contributed by atoms with E-state index in [0.29, 0.717) is 5.92 Å². The minimum absolute atomic E-state index is 0.0480. The third kappa shape index (κ3) is 3.42. The summed E-state index contributed by atoms with van der Waals surface area (Å²) < 4.78 is 36.5. The van der Waals surface area contributed by atoms with Crippen LogP contribution in [0.15, 0.2) is 29.2 Å². The fraction of sp³-hybridized carbons (Fsp3) is 0.455. The van der Waals surface area contributed by atoms with Gasteiger partial charge in [-0.15, -0.1) is 0 Å². The normalized spacial score (nSPS) is 17.2. The zero-order valence-electron chi connectivity index (χ0n) is 8.55. The molecule has 0 saturated carbocycles. The third-order valence-electron chi connectivity index (χ3n) is 2.52. The number of hydrogen-bond donors (Lipinski definition) is 1. The molecule has 1 nitrogen and oxygen atoms in total. The summed E-state index contributed by atoms with van der Waals surface area (Å²) in [5.74, 6) is 0.575. The van der Waals surface area contributed by atoms with E-state index in [4.69, 9.17) is 0 Å². The van der Waals surface area contributed by atoms with Crippen LogP contribution in [0.1, 0.15) is 5.56 Å². The summed E-state index contributed by atoms with van der Waals surface area (Å²) in [5, 5.41) is 3.15. The van der Waals surface area contributed by atoms with Crippen LogP contribution in [-0.4, -0.2) is 18.6 Å². The minimum Gasteiger partial charge on any atom is -0.316 e. The van der Waals surface area contributed by atoms with Gasteiger partial charge in [0.25, 0.3) is 0 Å². The summed E-state index contributed by atoms with van der Waals surface area (Å²) in [6.45, 7) is 1.94. The summed E-state index contributed by atoms with van der Waals surface area (Å²) in [7, 11) is 0. The van der Waals surface area contributed by atoms with Crippen molar-refractivity contribution in [1.82, 2.24) is 5.32 Å². The Kier molecular flexibility index (Phi) is 3.44. The molecule has 88 valence electrons. The lowest BCUT2D eigenvalue weighted by Crippen LogP contribution is -2.43. The van der Waals surface area contributed by atoms with E-state index in [0.717, 1.165) is 25.1 Å². The molecule has 16 heavy (non-hydrogen) atoms. The molecule has 1 saturated heterocycles. The molecule has 1 aliphatic heterocycles. The molecular formula is C11H12F3NS. The quantitative estimate of drug-likeness (QED) is 0.824. The Bertz CT molecular complexity index is 360. The zero-order chi connectivity index (χ0) is 11.6. The molecule has 1 heterocycles. The predicted octanol–water partition coefficient (Wildman–Crippen LogP) is 3.06. The van der Waals surface area contributed by atoms with Gasteiger partial charge in [0, 0.05) is 4.90 Å². The summed E-state index contributed by atoms with van der Waals surface area (Å²) in [4.78, 5) is 0.275. The number of thioether (sulfide) groups is 1. The summed E-state index contributed by atoms with van der Waals surface area (Å²) in [6, 6.07) is 6.71. The highest BCUT2D eigenvalue weighted by molar-refractivity contribution is 8.00. The summed E-state index contributed by atoms with van der Waals surface area (Å²) >= 11 is -0.0480. The lowest BCUT2D eigenvalue weighted by atomic mass is 9.94. The van der Waals surface area contributed by atoms with Crippen molar-refractivity contribution in [3.8, 4) is 0 Å². The van der Waals surface area contributed by atoms with Gasteiger partial charge in [-0.1, -0.05) is 12.1 Å². The number of hydrogen-bond acceptors (Lipinski definition) is 2. The van der Waals surface area contributed by atoms with Crippen molar-refractivity contribution < 1.29 is 13.2 Å². The number of halogens is 3. The first-order chi connectivity index (χ1) is 7.53. The molecule has 5 heteroatoms. The molecule has 0 unspecified atom stereocenters. The molecule has 0 aromatic heterocycles. The lowest BCUT2D eigenvalue weighted by molar-refractivity contribution is -0.0328. The maximum atomic E-state index is 12.2. The molecule has 1 aliphatic rings. The molecule has 0 atom stereocenters. The molecule has 1 aromatic rings. The van der Waals surface area contributed by atoms with Crippen LogP contribution in [0.3, 0.4) is 0 Å². The molecule has 0 amide bonds. The molecule has 1 N–H and O–H groups in total. The van der Waals surface area contributed by atoms with Crippen LogP contribution >= 0.6 is 11.8 Å². The third-order valence-corrected chi connectivity index (χ3v) is 3.24. The van der Waals surface area contributed by atoms with Gasteiger partial charge in [0.05, 0.1) is 0 Å². The van der Waals surface area contributed by atoms with E-state index in [1.807, 2.05) is 6.07 Å². The van der Waals surface area contributed by atoms with Crippen molar-refractivity contribution >= 4 is 11.8 Å². The van der Waals surface area contributed by atoms with Gasteiger partial charge in [-0.3, -0.25) is 0 Å². The second kappa shape index (κ2) is 4.67. The minimum atomic E-state index is -4.20. The first-order valence-corrected chi connectivity index (χ1v) is 5.90. The monoisotopic (exact) mass is 247 g/mol. The topological polar surface area (TPSA) is 12.0 Å². The van der Waals surface area contributed by atoms with Crippen molar-refractivity contribution in [2.45, 2.75) is 16.8 Å².